The molecule has 0 bridgehead atoms. The number of carboxylic acid groups (broad SMARTS) is 1. The van der Waals surface area contributed by atoms with E-state index in [9.17, 15) is 14.0 Å². The highest BCUT2D eigenvalue weighted by Crippen LogP contribution is 2.02. The van der Waals surface area contributed by atoms with Crippen molar-refractivity contribution in [2.45, 2.75) is 12.5 Å². The fraction of sp³-hybridized carbons (Fsp3) is 0.182. The zero-order valence-electron chi connectivity index (χ0n) is 8.68. The number of terminal acetylenes is 1. The monoisotopic (exact) mass is 236 g/mol. The second-order valence-electron chi connectivity index (χ2n) is 3.14. The molecule has 5 nitrogen and oxygen atoms in total. The molecular weight excluding hydrogens is 227 g/mol. The third-order valence-corrected chi connectivity index (χ3v) is 1.91. The van der Waals surface area contributed by atoms with Gasteiger partial charge in [-0.25, -0.2) is 9.78 Å². The summed E-state index contributed by atoms with van der Waals surface area (Å²) in [6.45, 7) is 0. The lowest BCUT2D eigenvalue weighted by Crippen LogP contribution is -2.40. The number of nitrogens with one attached hydrogen (secondary N) is 1. The normalized spacial score (nSPS) is 11.3. The molecule has 17 heavy (non-hydrogen) atoms. The maximum atomic E-state index is 12.7. The number of aliphatic carboxylic acids is 1. The van der Waals surface area contributed by atoms with Crippen LogP contribution in [0.2, 0.25) is 0 Å². The molecule has 0 aromatic carbocycles. The van der Waals surface area contributed by atoms with Gasteiger partial charge < -0.3 is 10.4 Å². The van der Waals surface area contributed by atoms with Crippen LogP contribution < -0.4 is 5.32 Å². The number of hydrogen-bond donors (Lipinski definition) is 2. The molecule has 0 aliphatic rings. The third kappa shape index (κ3) is 3.57. The summed E-state index contributed by atoms with van der Waals surface area (Å²) in [5, 5.41) is 10.9. The summed E-state index contributed by atoms with van der Waals surface area (Å²) < 4.78 is 12.7. The number of aromatic nitrogens is 1. The summed E-state index contributed by atoms with van der Waals surface area (Å²) in [6, 6.07) is 0.987. The van der Waals surface area contributed by atoms with Crippen LogP contribution in [0.4, 0.5) is 4.39 Å². The molecule has 2 N–H and O–H groups in total. The lowest BCUT2D eigenvalue weighted by molar-refractivity contribution is -0.139. The van der Waals surface area contributed by atoms with Gasteiger partial charge in [0.2, 0.25) is 5.95 Å². The van der Waals surface area contributed by atoms with E-state index in [1.807, 2.05) is 0 Å². The molecule has 1 heterocycles. The van der Waals surface area contributed by atoms with Gasteiger partial charge in [0.05, 0.1) is 0 Å². The minimum absolute atomic E-state index is 0.0132. The molecule has 1 atom stereocenters. The Morgan fingerprint density at radius 1 is 1.65 bits per heavy atom. The van der Waals surface area contributed by atoms with Crippen LogP contribution in [-0.4, -0.2) is 28.0 Å². The summed E-state index contributed by atoms with van der Waals surface area (Å²) in [7, 11) is 0. The summed E-state index contributed by atoms with van der Waals surface area (Å²) in [5.41, 5.74) is -0.0132. The molecule has 1 aromatic heterocycles. The zero-order chi connectivity index (χ0) is 12.8. The molecule has 0 spiro atoms. The van der Waals surface area contributed by atoms with Crippen molar-refractivity contribution >= 4 is 11.9 Å². The van der Waals surface area contributed by atoms with Gasteiger partial charge >= 0.3 is 5.97 Å². The Morgan fingerprint density at radius 2 is 2.35 bits per heavy atom. The molecule has 0 radical (unpaired) electrons. The second-order valence-corrected chi connectivity index (χ2v) is 3.14. The molecule has 0 aliphatic heterocycles. The Labute approximate surface area is 96.7 Å². The Morgan fingerprint density at radius 3 is 2.88 bits per heavy atom. The number of carbonyl (C=O) groups is 2. The van der Waals surface area contributed by atoms with Crippen LogP contribution in [0.5, 0.6) is 0 Å². The van der Waals surface area contributed by atoms with E-state index in [1.165, 1.54) is 6.07 Å². The molecule has 0 saturated carbocycles. The molecule has 1 aromatic rings. The van der Waals surface area contributed by atoms with E-state index < -0.39 is 23.9 Å². The molecule has 6 heteroatoms. The minimum atomic E-state index is -1.24. The summed E-state index contributed by atoms with van der Waals surface area (Å²) >= 11 is 0. The highest BCUT2D eigenvalue weighted by molar-refractivity contribution is 5.96. The van der Waals surface area contributed by atoms with Crippen LogP contribution in [-0.2, 0) is 4.79 Å². The highest BCUT2D eigenvalue weighted by atomic mass is 19.1. The van der Waals surface area contributed by atoms with Crippen LogP contribution in [0.15, 0.2) is 18.3 Å². The predicted octanol–water partition coefficient (Wildman–Crippen LogP) is 0.427. The van der Waals surface area contributed by atoms with E-state index in [-0.39, 0.29) is 12.0 Å². The Bertz CT molecular complexity index is 482. The fourth-order valence-electron chi connectivity index (χ4n) is 1.10. The van der Waals surface area contributed by atoms with Crippen molar-refractivity contribution in [3.8, 4) is 12.3 Å². The van der Waals surface area contributed by atoms with Crippen molar-refractivity contribution in [1.29, 1.82) is 0 Å². The van der Waals surface area contributed by atoms with E-state index in [1.54, 1.807) is 0 Å². The first kappa shape index (κ1) is 12.6. The van der Waals surface area contributed by atoms with E-state index in [0.717, 1.165) is 12.3 Å². The molecule has 1 rings (SSSR count). The van der Waals surface area contributed by atoms with Gasteiger partial charge in [0.15, 0.2) is 0 Å². The van der Waals surface area contributed by atoms with E-state index in [2.05, 4.69) is 16.2 Å². The first-order chi connectivity index (χ1) is 8.04. The molecule has 1 unspecified atom stereocenters. The largest absolute Gasteiger partial charge is 0.480 e. The Balaban J connectivity index is 2.78. The number of carbonyl (C=O) groups excluding carboxylic acids is 1. The van der Waals surface area contributed by atoms with Crippen molar-refractivity contribution < 1.29 is 19.1 Å². The van der Waals surface area contributed by atoms with Crippen LogP contribution in [0, 0.1) is 18.3 Å². The van der Waals surface area contributed by atoms with Crippen molar-refractivity contribution in [2.75, 3.05) is 0 Å². The van der Waals surface area contributed by atoms with Gasteiger partial charge in [-0.1, -0.05) is 0 Å². The van der Waals surface area contributed by atoms with Gasteiger partial charge in [0.25, 0.3) is 5.91 Å². The van der Waals surface area contributed by atoms with Crippen LogP contribution in [0.1, 0.15) is 16.8 Å². The average molecular weight is 236 g/mol. The second kappa shape index (κ2) is 5.61. The standard InChI is InChI=1S/C11H9FN2O3/c1-2-3-8(11(16)17)14-10(15)7-4-5-13-9(12)6-7/h1,4-6,8H,3H2,(H,14,15)(H,16,17). The maximum Gasteiger partial charge on any atom is 0.327 e. The molecule has 88 valence electrons. The first-order valence-electron chi connectivity index (χ1n) is 4.63. The topological polar surface area (TPSA) is 79.3 Å². The van der Waals surface area contributed by atoms with E-state index in [4.69, 9.17) is 11.5 Å². The van der Waals surface area contributed by atoms with E-state index >= 15 is 0 Å². The summed E-state index contributed by atoms with van der Waals surface area (Å²) in [5.74, 6) is -0.641. The zero-order valence-corrected chi connectivity index (χ0v) is 8.68. The number of rotatable bonds is 4. The lowest BCUT2D eigenvalue weighted by Gasteiger charge is -2.11. The van der Waals surface area contributed by atoms with Gasteiger partial charge in [-0.3, -0.25) is 4.79 Å². The quantitative estimate of drug-likeness (QED) is 0.586. The van der Waals surface area contributed by atoms with Gasteiger partial charge in [-0.2, -0.15) is 4.39 Å². The Kier molecular flexibility index (Phi) is 4.17. The molecule has 0 aliphatic carbocycles. The van der Waals surface area contributed by atoms with Gasteiger partial charge in [-0.15, -0.1) is 12.3 Å². The van der Waals surface area contributed by atoms with Gasteiger partial charge in [0, 0.05) is 24.2 Å². The minimum Gasteiger partial charge on any atom is -0.480 e. The lowest BCUT2D eigenvalue weighted by atomic mass is 10.2. The number of amides is 1. The SMILES string of the molecule is C#CCC(NC(=O)c1ccnc(F)c1)C(=O)O. The van der Waals surface area contributed by atoms with Gasteiger partial charge in [-0.05, 0) is 6.07 Å². The summed E-state index contributed by atoms with van der Waals surface area (Å²) in [4.78, 5) is 25.6. The van der Waals surface area contributed by atoms with Crippen LogP contribution >= 0.6 is 0 Å². The number of carboxylic acids is 1. The van der Waals surface area contributed by atoms with Crippen molar-refractivity contribution in [2.24, 2.45) is 0 Å². The number of hydrogen-bond acceptors (Lipinski definition) is 3. The van der Waals surface area contributed by atoms with E-state index in [0.29, 0.717) is 0 Å². The molecular formula is C11H9FN2O3. The molecule has 1 amide bonds. The third-order valence-electron chi connectivity index (χ3n) is 1.91. The molecule has 0 fully saturated rings. The van der Waals surface area contributed by atoms with Crippen LogP contribution in [0.25, 0.3) is 0 Å². The fourth-order valence-corrected chi connectivity index (χ4v) is 1.10. The van der Waals surface area contributed by atoms with Crippen LogP contribution in [0.3, 0.4) is 0 Å². The first-order valence-corrected chi connectivity index (χ1v) is 4.63. The average Bonchev–Trinajstić information content (AvgIpc) is 2.28. The summed E-state index contributed by atoms with van der Waals surface area (Å²) in [6.07, 6.45) is 5.94. The maximum absolute atomic E-state index is 12.7. The van der Waals surface area contributed by atoms with Crippen molar-refractivity contribution in [3.63, 3.8) is 0 Å². The van der Waals surface area contributed by atoms with Crippen molar-refractivity contribution in [1.82, 2.24) is 10.3 Å². The number of nitrogens with zero attached hydrogens (tertiary/aromatic N) is 1. The van der Waals surface area contributed by atoms with Crippen molar-refractivity contribution in [3.05, 3.63) is 29.8 Å². The Hall–Kier alpha value is -2.42. The molecule has 0 saturated heterocycles. The highest BCUT2D eigenvalue weighted by Gasteiger charge is 2.19. The predicted molar refractivity (Wildman–Crippen MR) is 56.5 cm³/mol. The smallest absolute Gasteiger partial charge is 0.327 e. The number of halogens is 1. The number of pyridine rings is 1. The van der Waals surface area contributed by atoms with Gasteiger partial charge in [0.1, 0.15) is 6.04 Å².